The molecule has 3 nitrogen and oxygen atoms in total. The molecule has 1 amide bonds. The van der Waals surface area contributed by atoms with E-state index in [1.807, 2.05) is 37.2 Å². The summed E-state index contributed by atoms with van der Waals surface area (Å²) in [7, 11) is 3.84. The van der Waals surface area contributed by atoms with Crippen molar-refractivity contribution in [2.75, 3.05) is 25.2 Å². The molecular weight excluding hydrogens is 244 g/mol. The zero-order chi connectivity index (χ0) is 11.7. The van der Waals surface area contributed by atoms with Crippen LogP contribution in [-0.2, 0) is 4.79 Å². The number of anilines is 1. The molecule has 0 saturated heterocycles. The molecule has 0 saturated carbocycles. The minimum absolute atomic E-state index is 0.0469. The summed E-state index contributed by atoms with van der Waals surface area (Å²) in [5, 5.41) is 2.86. The van der Waals surface area contributed by atoms with Crippen LogP contribution in [0.15, 0.2) is 23.1 Å². The first kappa shape index (κ1) is 11.8. The summed E-state index contributed by atoms with van der Waals surface area (Å²) in [6.45, 7) is 0. The Morgan fingerprint density at radius 1 is 1.50 bits per heavy atom. The van der Waals surface area contributed by atoms with E-state index in [1.165, 1.54) is 0 Å². The summed E-state index contributed by atoms with van der Waals surface area (Å²) in [6.07, 6.45) is 0. The van der Waals surface area contributed by atoms with Crippen LogP contribution in [0.2, 0.25) is 0 Å². The predicted molar refractivity (Wildman–Crippen MR) is 68.1 cm³/mol. The third kappa shape index (κ3) is 2.34. The smallest absolute Gasteiger partial charge is 0.234 e. The third-order valence-corrected chi connectivity index (χ3v) is 4.08. The van der Waals surface area contributed by atoms with Crippen LogP contribution in [-0.4, -0.2) is 30.7 Å². The van der Waals surface area contributed by atoms with Crippen LogP contribution in [0.3, 0.4) is 0 Å². The van der Waals surface area contributed by atoms with Gasteiger partial charge in [0.1, 0.15) is 5.50 Å². The van der Waals surface area contributed by atoms with Gasteiger partial charge in [-0.15, -0.1) is 23.4 Å². The Morgan fingerprint density at radius 3 is 2.94 bits per heavy atom. The number of carbonyl (C=O) groups excluding carboxylic acids is 1. The van der Waals surface area contributed by atoms with E-state index in [1.54, 1.807) is 11.8 Å². The summed E-state index contributed by atoms with van der Waals surface area (Å²) in [5.74, 6) is 0.537. The molecule has 0 radical (unpaired) electrons. The highest BCUT2D eigenvalue weighted by molar-refractivity contribution is 8.00. The molecule has 1 aliphatic rings. The molecule has 1 aliphatic heterocycles. The van der Waals surface area contributed by atoms with Crippen molar-refractivity contribution in [1.29, 1.82) is 0 Å². The van der Waals surface area contributed by atoms with Crippen LogP contribution in [0.1, 0.15) is 11.1 Å². The maximum absolute atomic E-state index is 11.3. The molecule has 2 rings (SSSR count). The average molecular weight is 257 g/mol. The van der Waals surface area contributed by atoms with E-state index in [0.717, 1.165) is 16.1 Å². The van der Waals surface area contributed by atoms with Crippen LogP contribution >= 0.6 is 23.4 Å². The number of nitrogens with one attached hydrogen (secondary N) is 1. The number of thioether (sulfide) groups is 1. The van der Waals surface area contributed by atoms with E-state index < -0.39 is 0 Å². The van der Waals surface area contributed by atoms with Crippen molar-refractivity contribution < 1.29 is 4.79 Å². The standard InChI is InChI=1S/C11H13ClN2OS/c1-14(2)11(12)7-3-4-9-8(5-7)13-10(15)6-16-9/h3-5,11H,6H2,1-2H3,(H,13,15). The SMILES string of the molecule is CN(C)C(Cl)c1ccc2c(c1)NC(=O)CS2. The Kier molecular flexibility index (Phi) is 3.42. The van der Waals surface area contributed by atoms with Crippen molar-refractivity contribution in [1.82, 2.24) is 4.90 Å². The van der Waals surface area contributed by atoms with Crippen LogP contribution in [0.5, 0.6) is 0 Å². The fourth-order valence-electron chi connectivity index (χ4n) is 1.55. The van der Waals surface area contributed by atoms with Crippen molar-refractivity contribution in [3.63, 3.8) is 0 Å². The van der Waals surface area contributed by atoms with Gasteiger partial charge in [0.05, 0.1) is 11.4 Å². The number of halogens is 1. The maximum Gasteiger partial charge on any atom is 0.234 e. The lowest BCUT2D eigenvalue weighted by atomic mass is 10.2. The molecule has 0 fully saturated rings. The van der Waals surface area contributed by atoms with E-state index in [9.17, 15) is 4.79 Å². The molecule has 0 spiro atoms. The van der Waals surface area contributed by atoms with Gasteiger partial charge in [-0.2, -0.15) is 0 Å². The zero-order valence-electron chi connectivity index (χ0n) is 9.16. The van der Waals surface area contributed by atoms with E-state index >= 15 is 0 Å². The third-order valence-electron chi connectivity index (χ3n) is 2.36. The number of alkyl halides is 1. The fourth-order valence-corrected chi connectivity index (χ4v) is 2.47. The van der Waals surface area contributed by atoms with Gasteiger partial charge in [0.25, 0.3) is 0 Å². The summed E-state index contributed by atoms with van der Waals surface area (Å²) in [5.41, 5.74) is 1.69. The second-order valence-electron chi connectivity index (χ2n) is 3.89. The van der Waals surface area contributed by atoms with Crippen LogP contribution < -0.4 is 5.32 Å². The lowest BCUT2D eigenvalue weighted by molar-refractivity contribution is -0.113. The van der Waals surface area contributed by atoms with Crippen molar-refractivity contribution >= 4 is 35.0 Å². The Morgan fingerprint density at radius 2 is 2.25 bits per heavy atom. The molecule has 1 N–H and O–H groups in total. The van der Waals surface area contributed by atoms with Gasteiger partial charge in [0, 0.05) is 4.90 Å². The highest BCUT2D eigenvalue weighted by Crippen LogP contribution is 2.34. The highest BCUT2D eigenvalue weighted by atomic mass is 35.5. The number of benzene rings is 1. The molecule has 16 heavy (non-hydrogen) atoms. The number of carbonyl (C=O) groups is 1. The Hall–Kier alpha value is -0.710. The molecule has 1 aromatic rings. The number of hydrogen-bond acceptors (Lipinski definition) is 3. The number of hydrogen-bond donors (Lipinski definition) is 1. The second kappa shape index (κ2) is 4.65. The summed E-state index contributed by atoms with van der Waals surface area (Å²) in [4.78, 5) is 14.3. The van der Waals surface area contributed by atoms with Gasteiger partial charge in [-0.1, -0.05) is 6.07 Å². The minimum Gasteiger partial charge on any atom is -0.324 e. The number of rotatable bonds is 2. The average Bonchev–Trinajstić information content (AvgIpc) is 2.26. The highest BCUT2D eigenvalue weighted by Gasteiger charge is 2.18. The van der Waals surface area contributed by atoms with Gasteiger partial charge in [-0.25, -0.2) is 0 Å². The second-order valence-corrected chi connectivity index (χ2v) is 5.32. The first-order valence-electron chi connectivity index (χ1n) is 4.95. The first-order chi connectivity index (χ1) is 7.58. The van der Waals surface area contributed by atoms with Crippen molar-refractivity contribution in [3.05, 3.63) is 23.8 Å². The molecule has 1 atom stereocenters. The van der Waals surface area contributed by atoms with Gasteiger partial charge in [-0.3, -0.25) is 9.69 Å². The molecule has 1 aromatic carbocycles. The van der Waals surface area contributed by atoms with E-state index in [2.05, 4.69) is 5.32 Å². The van der Waals surface area contributed by atoms with E-state index in [-0.39, 0.29) is 11.4 Å². The summed E-state index contributed by atoms with van der Waals surface area (Å²) in [6, 6.07) is 5.95. The molecule has 0 aromatic heterocycles. The van der Waals surface area contributed by atoms with Crippen molar-refractivity contribution in [3.8, 4) is 0 Å². The van der Waals surface area contributed by atoms with Crippen molar-refractivity contribution in [2.45, 2.75) is 10.4 Å². The van der Waals surface area contributed by atoms with Crippen LogP contribution in [0.4, 0.5) is 5.69 Å². The fraction of sp³-hybridized carbons (Fsp3) is 0.364. The Bertz CT molecular complexity index is 422. The lowest BCUT2D eigenvalue weighted by Crippen LogP contribution is -2.20. The van der Waals surface area contributed by atoms with Crippen molar-refractivity contribution in [2.24, 2.45) is 0 Å². The molecule has 1 heterocycles. The summed E-state index contributed by atoms with van der Waals surface area (Å²) < 4.78 is 0. The monoisotopic (exact) mass is 256 g/mol. The first-order valence-corrected chi connectivity index (χ1v) is 6.37. The zero-order valence-corrected chi connectivity index (χ0v) is 10.7. The summed E-state index contributed by atoms with van der Waals surface area (Å²) >= 11 is 7.78. The molecule has 86 valence electrons. The topological polar surface area (TPSA) is 32.3 Å². The molecule has 0 bridgehead atoms. The Labute approximate surface area is 104 Å². The van der Waals surface area contributed by atoms with Crippen LogP contribution in [0, 0.1) is 0 Å². The molecule has 1 unspecified atom stereocenters. The van der Waals surface area contributed by atoms with Gasteiger partial charge in [0.15, 0.2) is 0 Å². The molecular formula is C11H13ClN2OS. The van der Waals surface area contributed by atoms with E-state index in [4.69, 9.17) is 11.6 Å². The van der Waals surface area contributed by atoms with Gasteiger partial charge in [-0.05, 0) is 31.8 Å². The van der Waals surface area contributed by atoms with Gasteiger partial charge in [0.2, 0.25) is 5.91 Å². The Balaban J connectivity index is 2.31. The van der Waals surface area contributed by atoms with Crippen LogP contribution in [0.25, 0.3) is 0 Å². The van der Waals surface area contributed by atoms with Gasteiger partial charge < -0.3 is 5.32 Å². The number of nitrogens with zero attached hydrogens (tertiary/aromatic N) is 1. The minimum atomic E-state index is -0.172. The largest absolute Gasteiger partial charge is 0.324 e. The predicted octanol–water partition coefficient (Wildman–Crippen LogP) is 2.53. The van der Waals surface area contributed by atoms with E-state index in [0.29, 0.717) is 5.75 Å². The maximum atomic E-state index is 11.3. The molecule has 5 heteroatoms. The number of fused-ring (bicyclic) bond motifs is 1. The lowest BCUT2D eigenvalue weighted by Gasteiger charge is -2.21. The van der Waals surface area contributed by atoms with Gasteiger partial charge >= 0.3 is 0 Å². The quantitative estimate of drug-likeness (QED) is 0.652. The normalized spacial score (nSPS) is 16.9. The number of amides is 1. The molecule has 0 aliphatic carbocycles.